The van der Waals surface area contributed by atoms with Crippen LogP contribution in [-0.2, 0) is 4.79 Å². The molecule has 3 aliphatic rings. The third kappa shape index (κ3) is 8.26. The average molecular weight is 474 g/mol. The number of hydrogen-bond donors (Lipinski definition) is 1. The van der Waals surface area contributed by atoms with Crippen LogP contribution in [0.1, 0.15) is 173 Å². The van der Waals surface area contributed by atoms with E-state index in [-0.39, 0.29) is 11.3 Å². The number of carbonyl (C=O) groups is 1. The maximum absolute atomic E-state index is 14.0. The molecule has 0 saturated heterocycles. The fourth-order valence-electron chi connectivity index (χ4n) is 8.47. The van der Waals surface area contributed by atoms with Gasteiger partial charge in [-0.25, -0.2) is 0 Å². The van der Waals surface area contributed by atoms with Gasteiger partial charge in [0, 0.05) is 0 Å². The molecule has 0 spiro atoms. The molecule has 34 heavy (non-hydrogen) atoms. The van der Waals surface area contributed by atoms with E-state index in [0.29, 0.717) is 17.8 Å². The van der Waals surface area contributed by atoms with Gasteiger partial charge in [0.05, 0.1) is 5.41 Å². The van der Waals surface area contributed by atoms with Crippen molar-refractivity contribution in [3.05, 3.63) is 0 Å². The van der Waals surface area contributed by atoms with Gasteiger partial charge in [-0.3, -0.25) is 4.79 Å². The van der Waals surface area contributed by atoms with Gasteiger partial charge in [0.15, 0.2) is 0 Å². The molecule has 0 aromatic heterocycles. The molecule has 2 heteroatoms. The maximum atomic E-state index is 14.0. The zero-order chi connectivity index (χ0) is 23.9. The lowest BCUT2D eigenvalue weighted by atomic mass is 9.52. The molecule has 3 fully saturated rings. The minimum Gasteiger partial charge on any atom is -0.369 e. The summed E-state index contributed by atoms with van der Waals surface area (Å²) < 4.78 is 0. The minimum atomic E-state index is -0.239. The van der Waals surface area contributed by atoms with Crippen molar-refractivity contribution in [2.75, 3.05) is 0 Å². The first-order valence-corrected chi connectivity index (χ1v) is 16.1. The minimum absolute atomic E-state index is 0.124. The number of amides is 1. The van der Waals surface area contributed by atoms with Crippen LogP contribution in [0.15, 0.2) is 0 Å². The Labute approximate surface area is 213 Å². The van der Waals surface area contributed by atoms with Crippen LogP contribution in [0.5, 0.6) is 0 Å². The van der Waals surface area contributed by atoms with Crippen molar-refractivity contribution < 1.29 is 4.79 Å². The smallest absolute Gasteiger partial charge is 0.224 e. The standard InChI is InChI=1S/C32H59NO/c33-31(34)32(28-22-16-10-4-1-5-11-17-23-28,29-24-18-12-6-2-7-13-19-25-29)30-26-20-14-8-3-9-15-21-27-30/h28-30H,1-27H2,(H2,33,34). The molecule has 3 rings (SSSR count). The van der Waals surface area contributed by atoms with Crippen molar-refractivity contribution in [2.45, 2.75) is 173 Å². The van der Waals surface area contributed by atoms with E-state index >= 15 is 0 Å². The van der Waals surface area contributed by atoms with Gasteiger partial charge in [-0.15, -0.1) is 0 Å². The van der Waals surface area contributed by atoms with E-state index in [1.165, 1.54) is 173 Å². The Morgan fingerprint density at radius 2 is 0.559 bits per heavy atom. The summed E-state index contributed by atoms with van der Waals surface area (Å²) in [5, 5.41) is 0. The van der Waals surface area contributed by atoms with Crippen LogP contribution in [0.25, 0.3) is 0 Å². The Hall–Kier alpha value is -0.530. The van der Waals surface area contributed by atoms with E-state index in [9.17, 15) is 4.79 Å². The van der Waals surface area contributed by atoms with Gasteiger partial charge < -0.3 is 5.73 Å². The van der Waals surface area contributed by atoms with E-state index in [1.807, 2.05) is 0 Å². The van der Waals surface area contributed by atoms with Gasteiger partial charge >= 0.3 is 0 Å². The third-order valence-corrected chi connectivity index (χ3v) is 10.3. The van der Waals surface area contributed by atoms with Crippen LogP contribution >= 0.6 is 0 Å². The Kier molecular flexibility index (Phi) is 13.4. The van der Waals surface area contributed by atoms with Gasteiger partial charge in [0.2, 0.25) is 5.91 Å². The predicted molar refractivity (Wildman–Crippen MR) is 147 cm³/mol. The quantitative estimate of drug-likeness (QED) is 0.433. The molecule has 1 amide bonds. The number of primary amides is 1. The second-order valence-electron chi connectivity index (χ2n) is 12.5. The first kappa shape index (κ1) is 28.0. The first-order valence-electron chi connectivity index (χ1n) is 16.1. The Bertz CT molecular complexity index is 449. The predicted octanol–water partition coefficient (Wildman–Crippen LogP) is 9.88. The highest BCUT2D eigenvalue weighted by Crippen LogP contribution is 2.54. The van der Waals surface area contributed by atoms with Crippen molar-refractivity contribution >= 4 is 5.91 Å². The summed E-state index contributed by atoms with van der Waals surface area (Å²) in [6.07, 6.45) is 36.2. The molecule has 0 aromatic carbocycles. The van der Waals surface area contributed by atoms with Crippen molar-refractivity contribution in [3.8, 4) is 0 Å². The summed E-state index contributed by atoms with van der Waals surface area (Å²) in [6, 6.07) is 0. The van der Waals surface area contributed by atoms with Crippen LogP contribution in [0.3, 0.4) is 0 Å². The fraction of sp³-hybridized carbons (Fsp3) is 0.969. The molecule has 0 aliphatic heterocycles. The molecule has 3 saturated carbocycles. The van der Waals surface area contributed by atoms with Crippen molar-refractivity contribution in [3.63, 3.8) is 0 Å². The summed E-state index contributed by atoms with van der Waals surface area (Å²) in [7, 11) is 0. The van der Waals surface area contributed by atoms with Crippen molar-refractivity contribution in [2.24, 2.45) is 28.9 Å². The highest BCUT2D eigenvalue weighted by molar-refractivity contribution is 5.82. The van der Waals surface area contributed by atoms with Crippen LogP contribution in [0.4, 0.5) is 0 Å². The van der Waals surface area contributed by atoms with Gasteiger partial charge in [-0.1, -0.05) is 135 Å². The molecule has 0 unspecified atom stereocenters. The molecular weight excluding hydrogens is 414 g/mol. The lowest BCUT2D eigenvalue weighted by Gasteiger charge is -2.51. The van der Waals surface area contributed by atoms with E-state index in [0.717, 1.165) is 0 Å². The first-order chi connectivity index (χ1) is 16.8. The monoisotopic (exact) mass is 473 g/mol. The summed E-state index contributed by atoms with van der Waals surface area (Å²) in [4.78, 5) is 14.0. The average Bonchev–Trinajstić information content (AvgIpc) is 2.86. The summed E-state index contributed by atoms with van der Waals surface area (Å²) in [5.74, 6) is 1.72. The second kappa shape index (κ2) is 16.3. The zero-order valence-electron chi connectivity index (χ0n) is 22.8. The zero-order valence-corrected chi connectivity index (χ0v) is 22.8. The number of carbonyl (C=O) groups excluding carboxylic acids is 1. The number of hydrogen-bond acceptors (Lipinski definition) is 1. The Morgan fingerprint density at radius 1 is 0.382 bits per heavy atom. The van der Waals surface area contributed by atoms with E-state index in [2.05, 4.69) is 0 Å². The van der Waals surface area contributed by atoms with Crippen LogP contribution in [0, 0.1) is 23.2 Å². The lowest BCUT2D eigenvalue weighted by molar-refractivity contribution is -0.145. The van der Waals surface area contributed by atoms with Crippen LogP contribution < -0.4 is 5.73 Å². The van der Waals surface area contributed by atoms with E-state index < -0.39 is 0 Å². The lowest BCUT2D eigenvalue weighted by Crippen LogP contribution is -2.54. The second-order valence-corrected chi connectivity index (χ2v) is 12.5. The normalized spacial score (nSPS) is 25.9. The maximum Gasteiger partial charge on any atom is 0.224 e. The summed E-state index contributed by atoms with van der Waals surface area (Å²) >= 11 is 0. The molecular formula is C32H59NO. The highest BCUT2D eigenvalue weighted by atomic mass is 16.1. The Morgan fingerprint density at radius 3 is 0.735 bits per heavy atom. The molecule has 0 bridgehead atoms. The van der Waals surface area contributed by atoms with Crippen molar-refractivity contribution in [1.82, 2.24) is 0 Å². The summed E-state index contributed by atoms with van der Waals surface area (Å²) in [5.41, 5.74) is 6.47. The van der Waals surface area contributed by atoms with Gasteiger partial charge in [-0.2, -0.15) is 0 Å². The molecule has 0 aromatic rings. The largest absolute Gasteiger partial charge is 0.369 e. The summed E-state index contributed by atoms with van der Waals surface area (Å²) in [6.45, 7) is 0. The molecule has 2 N–H and O–H groups in total. The van der Waals surface area contributed by atoms with Gasteiger partial charge in [0.1, 0.15) is 0 Å². The molecule has 0 heterocycles. The molecule has 0 atom stereocenters. The van der Waals surface area contributed by atoms with E-state index in [1.54, 1.807) is 0 Å². The number of rotatable bonds is 4. The van der Waals surface area contributed by atoms with Crippen molar-refractivity contribution in [1.29, 1.82) is 0 Å². The van der Waals surface area contributed by atoms with Crippen LogP contribution in [0.2, 0.25) is 0 Å². The molecule has 2 nitrogen and oxygen atoms in total. The van der Waals surface area contributed by atoms with Crippen LogP contribution in [-0.4, -0.2) is 5.91 Å². The molecule has 3 aliphatic carbocycles. The Balaban J connectivity index is 1.96. The van der Waals surface area contributed by atoms with Gasteiger partial charge in [-0.05, 0) is 56.3 Å². The van der Waals surface area contributed by atoms with Gasteiger partial charge in [0.25, 0.3) is 0 Å². The van der Waals surface area contributed by atoms with E-state index in [4.69, 9.17) is 5.73 Å². The third-order valence-electron chi connectivity index (χ3n) is 10.3. The topological polar surface area (TPSA) is 43.1 Å². The fourth-order valence-corrected chi connectivity index (χ4v) is 8.47. The SMILES string of the molecule is NC(=O)C(C1CCCCCCCCC1)(C1CCCCCCCCC1)C1CCCCCCCCC1. The highest BCUT2D eigenvalue weighted by Gasteiger charge is 2.53. The molecule has 0 radical (unpaired) electrons. The molecule has 198 valence electrons. The number of nitrogens with two attached hydrogens (primary N) is 1.